The lowest BCUT2D eigenvalue weighted by atomic mass is 10.2. The molecule has 1 heterocycles. The quantitative estimate of drug-likeness (QED) is 0.794. The second kappa shape index (κ2) is 6.17. The van der Waals surface area contributed by atoms with Gasteiger partial charge < -0.3 is 4.74 Å². The lowest BCUT2D eigenvalue weighted by Crippen LogP contribution is -2.25. The Morgan fingerprint density at radius 3 is 2.76 bits per heavy atom. The van der Waals surface area contributed by atoms with Crippen LogP contribution in [0.3, 0.4) is 0 Å². The number of aryl methyl sites for hydroxylation is 1. The van der Waals surface area contributed by atoms with Gasteiger partial charge in [-0.25, -0.2) is 13.9 Å². The number of carbonyl (C=O) groups is 1. The molecule has 0 spiro atoms. The molecule has 0 saturated heterocycles. The van der Waals surface area contributed by atoms with Crippen molar-refractivity contribution in [3.05, 3.63) is 56.2 Å². The minimum Gasteiger partial charge on any atom is -0.464 e. The maximum Gasteiger partial charge on any atom is 0.362 e. The van der Waals surface area contributed by atoms with E-state index < -0.39 is 17.2 Å². The summed E-state index contributed by atoms with van der Waals surface area (Å²) in [7, 11) is 1.16. The standard InChI is InChI=1S/C14H12BrFN2O3/c1-3-8-7-18(11-5-4-9(15)6-10(11)16)17-12(13(8)19)14(20)21-2/h4-7H,3H2,1-2H3. The van der Waals surface area contributed by atoms with Gasteiger partial charge in [0.2, 0.25) is 11.1 Å². The van der Waals surface area contributed by atoms with E-state index in [1.165, 1.54) is 23.0 Å². The Bertz CT molecular complexity index is 758. The van der Waals surface area contributed by atoms with Crippen LogP contribution in [0.25, 0.3) is 5.69 Å². The Morgan fingerprint density at radius 1 is 1.48 bits per heavy atom. The molecule has 0 aliphatic carbocycles. The fourth-order valence-electron chi connectivity index (χ4n) is 1.81. The predicted molar refractivity (Wildman–Crippen MR) is 78.2 cm³/mol. The highest BCUT2D eigenvalue weighted by molar-refractivity contribution is 9.10. The molecule has 110 valence electrons. The van der Waals surface area contributed by atoms with Crippen LogP contribution >= 0.6 is 15.9 Å². The normalized spacial score (nSPS) is 10.5. The summed E-state index contributed by atoms with van der Waals surface area (Å²) in [6.07, 6.45) is 1.81. The first-order valence-corrected chi connectivity index (χ1v) is 6.93. The van der Waals surface area contributed by atoms with Crippen LogP contribution in [0.15, 0.2) is 33.7 Å². The SMILES string of the molecule is CCc1cn(-c2ccc(Br)cc2F)nc(C(=O)OC)c1=O. The molecule has 0 unspecified atom stereocenters. The van der Waals surface area contributed by atoms with Crippen molar-refractivity contribution in [2.75, 3.05) is 7.11 Å². The Labute approximate surface area is 128 Å². The van der Waals surface area contributed by atoms with Gasteiger partial charge in [-0.1, -0.05) is 22.9 Å². The maximum absolute atomic E-state index is 14.0. The van der Waals surface area contributed by atoms with Gasteiger partial charge in [0.1, 0.15) is 11.5 Å². The van der Waals surface area contributed by atoms with Crippen LogP contribution in [0, 0.1) is 5.82 Å². The zero-order valence-corrected chi connectivity index (χ0v) is 13.0. The summed E-state index contributed by atoms with van der Waals surface area (Å²) >= 11 is 3.16. The van der Waals surface area contributed by atoms with Gasteiger partial charge in [-0.05, 0) is 24.6 Å². The number of rotatable bonds is 3. The molecule has 0 radical (unpaired) electrons. The molecule has 5 nitrogen and oxygen atoms in total. The Balaban J connectivity index is 2.69. The van der Waals surface area contributed by atoms with Crippen molar-refractivity contribution in [2.24, 2.45) is 0 Å². The van der Waals surface area contributed by atoms with E-state index in [4.69, 9.17) is 0 Å². The molecule has 0 aliphatic rings. The maximum atomic E-state index is 14.0. The average Bonchev–Trinajstić information content (AvgIpc) is 2.47. The van der Waals surface area contributed by atoms with Crippen molar-refractivity contribution >= 4 is 21.9 Å². The summed E-state index contributed by atoms with van der Waals surface area (Å²) < 4.78 is 20.3. The Morgan fingerprint density at radius 2 is 2.19 bits per heavy atom. The fourth-order valence-corrected chi connectivity index (χ4v) is 2.15. The van der Waals surface area contributed by atoms with Gasteiger partial charge in [0.05, 0.1) is 7.11 Å². The van der Waals surface area contributed by atoms with Gasteiger partial charge in [0.25, 0.3) is 0 Å². The van der Waals surface area contributed by atoms with Gasteiger partial charge >= 0.3 is 5.97 Å². The third kappa shape index (κ3) is 3.02. The van der Waals surface area contributed by atoms with Crippen LogP contribution in [-0.4, -0.2) is 22.9 Å². The number of hydrogen-bond acceptors (Lipinski definition) is 4. The summed E-state index contributed by atoms with van der Waals surface area (Å²) in [5.41, 5.74) is -0.372. The molecular weight excluding hydrogens is 343 g/mol. The summed E-state index contributed by atoms with van der Waals surface area (Å²) in [6, 6.07) is 4.41. The van der Waals surface area contributed by atoms with Crippen molar-refractivity contribution in [3.63, 3.8) is 0 Å². The van der Waals surface area contributed by atoms with Gasteiger partial charge in [0.15, 0.2) is 0 Å². The number of esters is 1. The zero-order valence-electron chi connectivity index (χ0n) is 11.4. The van der Waals surface area contributed by atoms with Crippen molar-refractivity contribution in [3.8, 4) is 5.69 Å². The number of nitrogens with zero attached hydrogens (tertiary/aromatic N) is 2. The first-order chi connectivity index (χ1) is 9.97. The topological polar surface area (TPSA) is 61.2 Å². The molecule has 0 saturated carbocycles. The van der Waals surface area contributed by atoms with E-state index in [1.54, 1.807) is 13.0 Å². The van der Waals surface area contributed by atoms with Gasteiger partial charge in [-0.2, -0.15) is 5.10 Å². The first-order valence-electron chi connectivity index (χ1n) is 6.14. The molecule has 0 bridgehead atoms. The molecule has 2 rings (SSSR count). The minimum atomic E-state index is -0.846. The minimum absolute atomic E-state index is 0.137. The number of hydrogen-bond donors (Lipinski definition) is 0. The van der Waals surface area contributed by atoms with E-state index in [0.717, 1.165) is 7.11 Å². The van der Waals surface area contributed by atoms with E-state index in [0.29, 0.717) is 16.5 Å². The predicted octanol–water partition coefficient (Wildman–Crippen LogP) is 2.48. The van der Waals surface area contributed by atoms with Crippen LogP contribution in [0.1, 0.15) is 23.0 Å². The van der Waals surface area contributed by atoms with E-state index in [9.17, 15) is 14.0 Å². The number of ether oxygens (including phenoxy) is 1. The molecule has 0 N–H and O–H groups in total. The number of benzene rings is 1. The molecule has 0 fully saturated rings. The monoisotopic (exact) mass is 354 g/mol. The highest BCUT2D eigenvalue weighted by Gasteiger charge is 2.18. The van der Waals surface area contributed by atoms with Crippen molar-refractivity contribution in [2.45, 2.75) is 13.3 Å². The highest BCUT2D eigenvalue weighted by Crippen LogP contribution is 2.18. The Kier molecular flexibility index (Phi) is 4.52. The number of halogens is 2. The summed E-state index contributed by atoms with van der Waals surface area (Å²) in [4.78, 5) is 23.7. The van der Waals surface area contributed by atoms with E-state index >= 15 is 0 Å². The Hall–Kier alpha value is -2.02. The molecule has 0 atom stereocenters. The lowest BCUT2D eigenvalue weighted by Gasteiger charge is -2.10. The third-order valence-corrected chi connectivity index (χ3v) is 3.40. The smallest absolute Gasteiger partial charge is 0.362 e. The number of carbonyl (C=O) groups excluding carboxylic acids is 1. The van der Waals surface area contributed by atoms with E-state index in [1.807, 2.05) is 0 Å². The van der Waals surface area contributed by atoms with Crippen LogP contribution in [-0.2, 0) is 11.2 Å². The average molecular weight is 355 g/mol. The van der Waals surface area contributed by atoms with Crippen molar-refractivity contribution in [1.82, 2.24) is 9.78 Å². The summed E-state index contributed by atoms with van der Waals surface area (Å²) in [5.74, 6) is -1.38. The summed E-state index contributed by atoms with van der Waals surface area (Å²) in [6.45, 7) is 1.76. The molecule has 0 aliphatic heterocycles. The summed E-state index contributed by atoms with van der Waals surface area (Å²) in [5, 5.41) is 3.89. The van der Waals surface area contributed by atoms with E-state index in [2.05, 4.69) is 25.8 Å². The third-order valence-electron chi connectivity index (χ3n) is 2.91. The molecule has 1 aromatic heterocycles. The van der Waals surface area contributed by atoms with Crippen LogP contribution < -0.4 is 5.43 Å². The molecule has 1 aromatic carbocycles. The van der Waals surface area contributed by atoms with Gasteiger partial charge in [-0.3, -0.25) is 4.79 Å². The second-order valence-corrected chi connectivity index (χ2v) is 5.13. The molecule has 0 amide bonds. The first kappa shape index (κ1) is 15.4. The van der Waals surface area contributed by atoms with Crippen LogP contribution in [0.2, 0.25) is 0 Å². The lowest BCUT2D eigenvalue weighted by molar-refractivity contribution is 0.0590. The van der Waals surface area contributed by atoms with Crippen LogP contribution in [0.4, 0.5) is 4.39 Å². The molecule has 7 heteroatoms. The number of aromatic nitrogens is 2. The van der Waals surface area contributed by atoms with Crippen molar-refractivity contribution < 1.29 is 13.9 Å². The van der Waals surface area contributed by atoms with Crippen molar-refractivity contribution in [1.29, 1.82) is 0 Å². The van der Waals surface area contributed by atoms with Gasteiger partial charge in [0, 0.05) is 16.2 Å². The van der Waals surface area contributed by atoms with Crippen LogP contribution in [0.5, 0.6) is 0 Å². The fraction of sp³-hybridized carbons (Fsp3) is 0.214. The zero-order chi connectivity index (χ0) is 15.6. The van der Waals surface area contributed by atoms with Gasteiger partial charge in [-0.15, -0.1) is 0 Å². The molecule has 2 aromatic rings. The second-order valence-electron chi connectivity index (χ2n) is 4.22. The van der Waals surface area contributed by atoms with E-state index in [-0.39, 0.29) is 11.4 Å². The molecular formula is C14H12BrFN2O3. The number of methoxy groups -OCH3 is 1. The highest BCUT2D eigenvalue weighted by atomic mass is 79.9. The largest absolute Gasteiger partial charge is 0.464 e. The molecule has 21 heavy (non-hydrogen) atoms.